The first kappa shape index (κ1) is 15.0. The summed E-state index contributed by atoms with van der Waals surface area (Å²) in [5, 5.41) is 11.8. The minimum absolute atomic E-state index is 0.876. The molecule has 0 amide bonds. The normalized spacial score (nSPS) is 18.2. The van der Waals surface area contributed by atoms with Gasteiger partial charge in [-0.15, -0.1) is 23.4 Å². The van der Waals surface area contributed by atoms with Crippen molar-refractivity contribution in [3.63, 3.8) is 0 Å². The van der Waals surface area contributed by atoms with Gasteiger partial charge in [0.05, 0.1) is 10.6 Å². The Morgan fingerprint density at radius 2 is 2.13 bits per heavy atom. The van der Waals surface area contributed by atoms with E-state index in [0.717, 1.165) is 62.9 Å². The largest absolute Gasteiger partial charge is 0.352 e. The Morgan fingerprint density at radius 1 is 1.26 bits per heavy atom. The van der Waals surface area contributed by atoms with Crippen molar-refractivity contribution < 1.29 is 0 Å². The number of nitrogens with zero attached hydrogens (tertiary/aromatic N) is 4. The molecule has 2 aromatic heterocycles. The van der Waals surface area contributed by atoms with Gasteiger partial charge >= 0.3 is 0 Å². The molecule has 2 aliphatic rings. The molecule has 122 valence electrons. The van der Waals surface area contributed by atoms with E-state index in [1.807, 2.05) is 12.3 Å². The van der Waals surface area contributed by atoms with Crippen molar-refractivity contribution in [2.45, 2.75) is 17.9 Å². The van der Waals surface area contributed by atoms with E-state index < -0.39 is 0 Å². The monoisotopic (exact) mass is 330 g/mol. The van der Waals surface area contributed by atoms with Crippen LogP contribution in [0.5, 0.6) is 0 Å². The fourth-order valence-corrected chi connectivity index (χ4v) is 4.09. The van der Waals surface area contributed by atoms with Gasteiger partial charge in [0.2, 0.25) is 0 Å². The minimum atomic E-state index is 0.876. The van der Waals surface area contributed by atoms with Gasteiger partial charge in [-0.05, 0) is 0 Å². The highest BCUT2D eigenvalue weighted by molar-refractivity contribution is 7.99. The van der Waals surface area contributed by atoms with Crippen molar-refractivity contribution in [1.82, 2.24) is 25.2 Å². The van der Waals surface area contributed by atoms with Crippen LogP contribution in [0, 0.1) is 0 Å². The predicted molar refractivity (Wildman–Crippen MR) is 94.4 cm³/mol. The number of aromatic nitrogens is 3. The second kappa shape index (κ2) is 6.51. The van der Waals surface area contributed by atoms with Gasteiger partial charge in [-0.1, -0.05) is 6.08 Å². The van der Waals surface area contributed by atoms with E-state index in [-0.39, 0.29) is 0 Å². The van der Waals surface area contributed by atoms with E-state index in [4.69, 9.17) is 10.1 Å². The third-order valence-corrected chi connectivity index (χ3v) is 5.44. The van der Waals surface area contributed by atoms with Crippen molar-refractivity contribution in [1.29, 1.82) is 0 Å². The van der Waals surface area contributed by atoms with E-state index in [2.05, 4.69) is 26.6 Å². The van der Waals surface area contributed by atoms with Crippen molar-refractivity contribution in [3.05, 3.63) is 30.1 Å². The van der Waals surface area contributed by atoms with Crippen LogP contribution < -0.4 is 15.5 Å². The van der Waals surface area contributed by atoms with Gasteiger partial charge in [0.15, 0.2) is 11.5 Å². The molecule has 1 fully saturated rings. The summed E-state index contributed by atoms with van der Waals surface area (Å²) in [7, 11) is 0. The summed E-state index contributed by atoms with van der Waals surface area (Å²) >= 11 is 1.79. The maximum absolute atomic E-state index is 4.97. The smallest absolute Gasteiger partial charge is 0.171 e. The lowest BCUT2D eigenvalue weighted by Gasteiger charge is -2.27. The highest BCUT2D eigenvalue weighted by Gasteiger charge is 2.24. The number of piperazine rings is 1. The third-order valence-electron chi connectivity index (χ3n) is 4.39. The maximum Gasteiger partial charge on any atom is 0.171 e. The number of nitrogens with one attached hydrogen (secondary N) is 2. The molecular formula is C16H22N6S. The van der Waals surface area contributed by atoms with E-state index in [0.29, 0.717) is 0 Å². The fraction of sp³-hybridized carbons (Fsp3) is 0.500. The van der Waals surface area contributed by atoms with Crippen molar-refractivity contribution >= 4 is 23.2 Å². The SMILES string of the molecule is C=CCSc1c(N2CCNCC2)nn2c3c(cnc12)CNCC3. The molecule has 0 bridgehead atoms. The van der Waals surface area contributed by atoms with Crippen LogP contribution in [0.2, 0.25) is 0 Å². The third kappa shape index (κ3) is 2.73. The van der Waals surface area contributed by atoms with Gasteiger partial charge in [0.1, 0.15) is 0 Å². The molecule has 4 heterocycles. The first-order chi connectivity index (χ1) is 11.4. The van der Waals surface area contributed by atoms with Gasteiger partial charge in [0, 0.05) is 63.2 Å². The summed E-state index contributed by atoms with van der Waals surface area (Å²) in [6.45, 7) is 9.75. The molecule has 0 aliphatic carbocycles. The molecule has 0 spiro atoms. The Balaban J connectivity index is 1.84. The average Bonchev–Trinajstić information content (AvgIpc) is 2.99. The lowest BCUT2D eigenvalue weighted by atomic mass is 10.1. The van der Waals surface area contributed by atoms with E-state index in [9.17, 15) is 0 Å². The summed E-state index contributed by atoms with van der Waals surface area (Å²) < 4.78 is 2.08. The maximum atomic E-state index is 4.97. The van der Waals surface area contributed by atoms with Crippen LogP contribution in [0.1, 0.15) is 11.3 Å². The van der Waals surface area contributed by atoms with Crippen LogP contribution in [0.4, 0.5) is 5.82 Å². The number of fused-ring (bicyclic) bond motifs is 3. The Hall–Kier alpha value is -1.57. The van der Waals surface area contributed by atoms with E-state index in [1.54, 1.807) is 11.8 Å². The molecule has 23 heavy (non-hydrogen) atoms. The standard InChI is InChI=1S/C16H22N6S/c1-2-9-23-14-15-19-11-12-10-18-4-3-13(12)22(15)20-16(14)21-7-5-17-6-8-21/h2,11,17-18H,1,3-10H2. The number of hydrogen-bond acceptors (Lipinski definition) is 6. The molecular weight excluding hydrogens is 308 g/mol. The zero-order chi connectivity index (χ0) is 15.6. The van der Waals surface area contributed by atoms with Gasteiger partial charge in [-0.2, -0.15) is 0 Å². The van der Waals surface area contributed by atoms with Crippen LogP contribution in [0.3, 0.4) is 0 Å². The summed E-state index contributed by atoms with van der Waals surface area (Å²) in [6, 6.07) is 0. The number of rotatable bonds is 4. The van der Waals surface area contributed by atoms with Crippen molar-refractivity contribution in [2.75, 3.05) is 43.4 Å². The molecule has 0 radical (unpaired) electrons. The molecule has 1 saturated heterocycles. The number of anilines is 1. The lowest BCUT2D eigenvalue weighted by molar-refractivity contribution is 0.578. The van der Waals surface area contributed by atoms with Gasteiger partial charge in [-0.3, -0.25) is 0 Å². The van der Waals surface area contributed by atoms with Crippen LogP contribution in [0.15, 0.2) is 23.7 Å². The number of thioether (sulfide) groups is 1. The highest BCUT2D eigenvalue weighted by atomic mass is 32.2. The Morgan fingerprint density at radius 3 is 2.96 bits per heavy atom. The zero-order valence-corrected chi connectivity index (χ0v) is 14.0. The van der Waals surface area contributed by atoms with E-state index in [1.165, 1.54) is 16.2 Å². The van der Waals surface area contributed by atoms with Crippen LogP contribution in [-0.4, -0.2) is 53.1 Å². The molecule has 0 saturated carbocycles. The van der Waals surface area contributed by atoms with Crippen LogP contribution >= 0.6 is 11.8 Å². The van der Waals surface area contributed by atoms with Crippen molar-refractivity contribution in [2.24, 2.45) is 0 Å². The van der Waals surface area contributed by atoms with Gasteiger partial charge < -0.3 is 15.5 Å². The van der Waals surface area contributed by atoms with Gasteiger partial charge in [0.25, 0.3) is 0 Å². The molecule has 4 rings (SSSR count). The lowest BCUT2D eigenvalue weighted by Crippen LogP contribution is -2.43. The zero-order valence-electron chi connectivity index (χ0n) is 13.2. The molecule has 0 unspecified atom stereocenters. The molecule has 0 atom stereocenters. The molecule has 7 heteroatoms. The summed E-state index contributed by atoms with van der Waals surface area (Å²) in [4.78, 5) is 8.29. The Kier molecular flexibility index (Phi) is 4.24. The Bertz CT molecular complexity index is 719. The van der Waals surface area contributed by atoms with Crippen LogP contribution in [0.25, 0.3) is 5.65 Å². The number of hydrogen-bond donors (Lipinski definition) is 2. The minimum Gasteiger partial charge on any atom is -0.352 e. The average molecular weight is 330 g/mol. The topological polar surface area (TPSA) is 57.5 Å². The van der Waals surface area contributed by atoms with Gasteiger partial charge in [-0.25, -0.2) is 9.50 Å². The van der Waals surface area contributed by atoms with Crippen LogP contribution in [-0.2, 0) is 13.0 Å². The first-order valence-corrected chi connectivity index (χ1v) is 9.16. The second-order valence-electron chi connectivity index (χ2n) is 5.88. The van der Waals surface area contributed by atoms with Crippen molar-refractivity contribution in [3.8, 4) is 0 Å². The molecule has 2 N–H and O–H groups in total. The molecule has 2 aliphatic heterocycles. The summed E-state index contributed by atoms with van der Waals surface area (Å²) in [5.74, 6) is 1.96. The Labute approximate surface area is 140 Å². The fourth-order valence-electron chi connectivity index (χ4n) is 3.23. The molecule has 6 nitrogen and oxygen atoms in total. The quantitative estimate of drug-likeness (QED) is 0.646. The highest BCUT2D eigenvalue weighted by Crippen LogP contribution is 2.34. The summed E-state index contributed by atoms with van der Waals surface area (Å²) in [5.41, 5.74) is 3.56. The molecule has 0 aromatic carbocycles. The summed E-state index contributed by atoms with van der Waals surface area (Å²) in [6.07, 6.45) is 4.96. The second-order valence-corrected chi connectivity index (χ2v) is 6.91. The molecule has 2 aromatic rings. The first-order valence-electron chi connectivity index (χ1n) is 8.18. The predicted octanol–water partition coefficient (Wildman–Crippen LogP) is 1.06. The van der Waals surface area contributed by atoms with E-state index >= 15 is 0 Å².